The molecule has 0 unspecified atom stereocenters. The molecule has 0 N–H and O–H groups in total. The second-order valence-corrected chi connectivity index (χ2v) is 7.18. The highest BCUT2D eigenvalue weighted by atomic mass is 35.5. The van der Waals surface area contributed by atoms with E-state index in [1.165, 1.54) is 17.4 Å². The van der Waals surface area contributed by atoms with Gasteiger partial charge in [0.2, 0.25) is 0 Å². The average Bonchev–Trinajstić information content (AvgIpc) is 3.00. The summed E-state index contributed by atoms with van der Waals surface area (Å²) in [7, 11) is 0. The highest BCUT2D eigenvalue weighted by Crippen LogP contribution is 2.34. The number of nitro groups is 1. The number of nitrogens with zero attached hydrogens (tertiary/aromatic N) is 3. The van der Waals surface area contributed by atoms with Crippen molar-refractivity contribution >= 4 is 40.2 Å². The molecule has 0 bridgehead atoms. The molecule has 3 rings (SSSR count). The van der Waals surface area contributed by atoms with E-state index in [2.05, 4.69) is 4.90 Å². The Bertz CT molecular complexity index is 771. The number of thiophene rings is 1. The van der Waals surface area contributed by atoms with Crippen LogP contribution in [0.1, 0.15) is 22.3 Å². The first-order chi connectivity index (χ1) is 12.0. The van der Waals surface area contributed by atoms with Crippen molar-refractivity contribution in [2.24, 2.45) is 0 Å². The van der Waals surface area contributed by atoms with Crippen molar-refractivity contribution in [1.29, 1.82) is 0 Å². The quantitative estimate of drug-likeness (QED) is 0.597. The molecule has 1 aliphatic heterocycles. The van der Waals surface area contributed by atoms with Gasteiger partial charge in [0.1, 0.15) is 0 Å². The van der Waals surface area contributed by atoms with Crippen molar-refractivity contribution < 1.29 is 9.72 Å². The van der Waals surface area contributed by atoms with Gasteiger partial charge in [-0.25, -0.2) is 0 Å². The van der Waals surface area contributed by atoms with Gasteiger partial charge in [0, 0.05) is 43.7 Å². The molecule has 0 atom stereocenters. The summed E-state index contributed by atoms with van der Waals surface area (Å²) in [6.07, 6.45) is 0.822. The number of aryl methyl sites for hydroxylation is 1. The monoisotopic (exact) mass is 379 g/mol. The Hall–Kier alpha value is -2.12. The maximum atomic E-state index is 12.5. The van der Waals surface area contributed by atoms with E-state index in [0.29, 0.717) is 24.7 Å². The van der Waals surface area contributed by atoms with E-state index in [1.54, 1.807) is 6.07 Å². The van der Waals surface area contributed by atoms with E-state index in [4.69, 9.17) is 11.6 Å². The SMILES string of the molecule is Cc1cc([N+](=O)[O-])cc(Cl)c1N1CCCN(C(=O)c2ccsc2)CC1. The van der Waals surface area contributed by atoms with E-state index in [9.17, 15) is 14.9 Å². The highest BCUT2D eigenvalue weighted by molar-refractivity contribution is 7.08. The van der Waals surface area contributed by atoms with E-state index in [-0.39, 0.29) is 11.6 Å². The van der Waals surface area contributed by atoms with Crippen LogP contribution in [-0.4, -0.2) is 41.9 Å². The molecule has 8 heteroatoms. The van der Waals surface area contributed by atoms with Gasteiger partial charge in [-0.1, -0.05) is 11.6 Å². The van der Waals surface area contributed by atoms with E-state index in [1.807, 2.05) is 28.7 Å². The molecule has 2 aromatic rings. The van der Waals surface area contributed by atoms with Gasteiger partial charge in [-0.05, 0) is 30.4 Å². The molecule has 1 aliphatic rings. The van der Waals surface area contributed by atoms with Crippen LogP contribution >= 0.6 is 22.9 Å². The zero-order valence-electron chi connectivity index (χ0n) is 13.8. The lowest BCUT2D eigenvalue weighted by molar-refractivity contribution is -0.384. The third-order valence-corrected chi connectivity index (χ3v) is 5.29. The number of benzene rings is 1. The average molecular weight is 380 g/mol. The summed E-state index contributed by atoms with van der Waals surface area (Å²) in [6.45, 7) is 4.52. The van der Waals surface area contributed by atoms with Crippen LogP contribution in [0.25, 0.3) is 0 Å². The fourth-order valence-electron chi connectivity index (χ4n) is 3.14. The fraction of sp³-hybridized carbons (Fsp3) is 0.353. The first kappa shape index (κ1) is 17.7. The van der Waals surface area contributed by atoms with Crippen LogP contribution in [0.5, 0.6) is 0 Å². The zero-order chi connectivity index (χ0) is 18.0. The normalized spacial score (nSPS) is 15.1. The van der Waals surface area contributed by atoms with Gasteiger partial charge in [-0.3, -0.25) is 14.9 Å². The molecular formula is C17H18ClN3O3S. The Balaban J connectivity index is 1.77. The summed E-state index contributed by atoms with van der Waals surface area (Å²) in [6, 6.07) is 4.77. The molecule has 0 saturated carbocycles. The topological polar surface area (TPSA) is 66.7 Å². The first-order valence-electron chi connectivity index (χ1n) is 7.98. The Morgan fingerprint density at radius 3 is 2.72 bits per heavy atom. The summed E-state index contributed by atoms with van der Waals surface area (Å²) in [4.78, 5) is 27.0. The van der Waals surface area contributed by atoms with Crippen LogP contribution in [0.2, 0.25) is 5.02 Å². The third kappa shape index (κ3) is 3.77. The molecule has 0 radical (unpaired) electrons. The number of halogens is 1. The Morgan fingerprint density at radius 1 is 1.28 bits per heavy atom. The summed E-state index contributed by atoms with van der Waals surface area (Å²) < 4.78 is 0. The zero-order valence-corrected chi connectivity index (χ0v) is 15.3. The minimum Gasteiger partial charge on any atom is -0.368 e. The number of carbonyl (C=O) groups excluding carboxylic acids is 1. The molecule has 1 saturated heterocycles. The van der Waals surface area contributed by atoms with Crippen LogP contribution in [0.4, 0.5) is 11.4 Å². The molecule has 132 valence electrons. The van der Waals surface area contributed by atoms with Gasteiger partial charge >= 0.3 is 0 Å². The van der Waals surface area contributed by atoms with Gasteiger partial charge in [-0.2, -0.15) is 11.3 Å². The molecule has 0 spiro atoms. The molecular weight excluding hydrogens is 362 g/mol. The van der Waals surface area contributed by atoms with Crippen LogP contribution in [0.15, 0.2) is 29.0 Å². The Morgan fingerprint density at radius 2 is 2.08 bits per heavy atom. The first-order valence-corrected chi connectivity index (χ1v) is 9.30. The molecule has 25 heavy (non-hydrogen) atoms. The number of non-ortho nitro benzene ring substituents is 1. The lowest BCUT2D eigenvalue weighted by atomic mass is 10.1. The van der Waals surface area contributed by atoms with Crippen molar-refractivity contribution in [3.63, 3.8) is 0 Å². The predicted octanol–water partition coefficient (Wildman–Crippen LogP) is 3.97. The number of nitro benzene ring substituents is 1. The lowest BCUT2D eigenvalue weighted by Crippen LogP contribution is -2.35. The van der Waals surface area contributed by atoms with Gasteiger partial charge in [0.15, 0.2) is 0 Å². The van der Waals surface area contributed by atoms with E-state index in [0.717, 1.165) is 29.8 Å². The minimum absolute atomic E-state index is 0.00432. The maximum Gasteiger partial charge on any atom is 0.271 e. The lowest BCUT2D eigenvalue weighted by Gasteiger charge is -2.26. The Kier molecular flexibility index (Phi) is 5.24. The number of hydrogen-bond donors (Lipinski definition) is 0. The number of carbonyl (C=O) groups is 1. The molecule has 1 aromatic carbocycles. The molecule has 6 nitrogen and oxygen atoms in total. The second kappa shape index (κ2) is 7.41. The van der Waals surface area contributed by atoms with Crippen molar-refractivity contribution in [3.05, 3.63) is 55.2 Å². The number of rotatable bonds is 3. The standard InChI is InChI=1S/C17H18ClN3O3S/c1-12-9-14(21(23)24)10-15(18)16(12)19-4-2-5-20(7-6-19)17(22)13-3-8-25-11-13/h3,8-11H,2,4-7H2,1H3. The summed E-state index contributed by atoms with van der Waals surface area (Å²) >= 11 is 7.83. The summed E-state index contributed by atoms with van der Waals surface area (Å²) in [5.74, 6) is 0.0506. The minimum atomic E-state index is -0.438. The molecule has 2 heterocycles. The summed E-state index contributed by atoms with van der Waals surface area (Å²) in [5, 5.41) is 15.1. The van der Waals surface area contributed by atoms with Crippen LogP contribution in [-0.2, 0) is 0 Å². The van der Waals surface area contributed by atoms with Crippen LogP contribution < -0.4 is 4.90 Å². The highest BCUT2D eigenvalue weighted by Gasteiger charge is 2.23. The van der Waals surface area contributed by atoms with E-state index < -0.39 is 4.92 Å². The van der Waals surface area contributed by atoms with Gasteiger partial charge in [-0.15, -0.1) is 0 Å². The summed E-state index contributed by atoms with van der Waals surface area (Å²) in [5.41, 5.74) is 2.31. The van der Waals surface area contributed by atoms with Crippen molar-refractivity contribution in [2.75, 3.05) is 31.1 Å². The molecule has 0 aliphatic carbocycles. The van der Waals surface area contributed by atoms with E-state index >= 15 is 0 Å². The van der Waals surface area contributed by atoms with Gasteiger partial charge < -0.3 is 9.80 Å². The largest absolute Gasteiger partial charge is 0.368 e. The molecule has 1 amide bonds. The van der Waals surface area contributed by atoms with Crippen LogP contribution in [0, 0.1) is 17.0 Å². The predicted molar refractivity (Wildman–Crippen MR) is 99.9 cm³/mol. The van der Waals surface area contributed by atoms with Crippen molar-refractivity contribution in [2.45, 2.75) is 13.3 Å². The maximum absolute atomic E-state index is 12.5. The van der Waals surface area contributed by atoms with Gasteiger partial charge in [0.05, 0.1) is 21.2 Å². The second-order valence-electron chi connectivity index (χ2n) is 6.00. The third-order valence-electron chi connectivity index (χ3n) is 4.32. The molecule has 1 fully saturated rings. The van der Waals surface area contributed by atoms with Gasteiger partial charge in [0.25, 0.3) is 11.6 Å². The van der Waals surface area contributed by atoms with Crippen molar-refractivity contribution in [1.82, 2.24) is 4.90 Å². The van der Waals surface area contributed by atoms with Crippen LogP contribution in [0.3, 0.4) is 0 Å². The number of amides is 1. The smallest absolute Gasteiger partial charge is 0.271 e. The number of hydrogen-bond acceptors (Lipinski definition) is 5. The number of anilines is 1. The fourth-order valence-corrected chi connectivity index (χ4v) is 4.15. The Labute approximate surface area is 154 Å². The van der Waals surface area contributed by atoms with Crippen molar-refractivity contribution in [3.8, 4) is 0 Å². The molecule has 1 aromatic heterocycles.